The predicted octanol–water partition coefficient (Wildman–Crippen LogP) is 0.319. The lowest BCUT2D eigenvalue weighted by Crippen LogP contribution is -2.50. The summed E-state index contributed by atoms with van der Waals surface area (Å²) < 4.78 is 4.78. The second kappa shape index (κ2) is 9.33. The van der Waals surface area contributed by atoms with Crippen LogP contribution in [0, 0.1) is 10.1 Å². The van der Waals surface area contributed by atoms with E-state index in [1.165, 1.54) is 32.2 Å². The average Bonchev–Trinajstić information content (AvgIpc) is 2.57. The molecule has 0 fully saturated rings. The minimum Gasteiger partial charge on any atom is -0.480 e. The van der Waals surface area contributed by atoms with Crippen LogP contribution >= 0.6 is 0 Å². The van der Waals surface area contributed by atoms with E-state index in [2.05, 4.69) is 10.6 Å². The molecule has 2 atom stereocenters. The Morgan fingerprint density at radius 2 is 2.00 bits per heavy atom. The summed E-state index contributed by atoms with van der Waals surface area (Å²) in [6.45, 7) is 1.52. The molecule has 1 rings (SSSR count). The van der Waals surface area contributed by atoms with Gasteiger partial charge in [0.1, 0.15) is 12.1 Å². The zero-order chi connectivity index (χ0) is 19.0. The Morgan fingerprint density at radius 1 is 1.32 bits per heavy atom. The lowest BCUT2D eigenvalue weighted by atomic mass is 10.1. The van der Waals surface area contributed by atoms with Crippen LogP contribution in [0.15, 0.2) is 24.3 Å². The molecule has 1 aromatic carbocycles. The maximum Gasteiger partial charge on any atom is 0.326 e. The number of carboxylic acid groups (broad SMARTS) is 1. The Balaban J connectivity index is 2.70. The van der Waals surface area contributed by atoms with E-state index < -0.39 is 34.8 Å². The summed E-state index contributed by atoms with van der Waals surface area (Å²) in [5, 5.41) is 24.4. The highest BCUT2D eigenvalue weighted by Crippen LogP contribution is 2.13. The number of hydrogen-bond donors (Lipinski definition) is 3. The number of nitrogens with one attached hydrogen (secondary N) is 2. The summed E-state index contributed by atoms with van der Waals surface area (Å²) in [4.78, 5) is 45.3. The van der Waals surface area contributed by atoms with Crippen molar-refractivity contribution < 1.29 is 29.2 Å². The molecule has 3 N–H and O–H groups in total. The number of ether oxygens (including phenoxy) is 1. The Morgan fingerprint density at radius 3 is 2.56 bits per heavy atom. The van der Waals surface area contributed by atoms with Gasteiger partial charge in [0, 0.05) is 37.8 Å². The van der Waals surface area contributed by atoms with Crippen LogP contribution in [0.5, 0.6) is 0 Å². The highest BCUT2D eigenvalue weighted by atomic mass is 16.6. The Hall–Kier alpha value is -3.01. The molecule has 0 saturated carbocycles. The molecule has 0 heterocycles. The van der Waals surface area contributed by atoms with Gasteiger partial charge in [0.05, 0.1) is 4.92 Å². The van der Waals surface area contributed by atoms with Crippen molar-refractivity contribution >= 4 is 23.5 Å². The quantitative estimate of drug-likeness (QED) is 0.427. The maximum atomic E-state index is 12.1. The SMILES string of the molecule is COCCC(NC(=O)C(C)NC(=O)c1cccc([N+](=O)[O-])c1)C(=O)O. The number of nitrogens with zero attached hydrogens (tertiary/aromatic N) is 1. The largest absolute Gasteiger partial charge is 0.480 e. The van der Waals surface area contributed by atoms with Crippen LogP contribution in [0.3, 0.4) is 0 Å². The van der Waals surface area contributed by atoms with Crippen LogP contribution in [0.1, 0.15) is 23.7 Å². The van der Waals surface area contributed by atoms with E-state index in [-0.39, 0.29) is 24.3 Å². The molecule has 2 amide bonds. The molecule has 0 bridgehead atoms. The topological polar surface area (TPSA) is 148 Å². The van der Waals surface area contributed by atoms with Crippen molar-refractivity contribution in [2.45, 2.75) is 25.4 Å². The lowest BCUT2D eigenvalue weighted by molar-refractivity contribution is -0.384. The number of amides is 2. The number of nitro groups is 1. The molecule has 1 aromatic rings. The minimum absolute atomic E-state index is 0.0167. The van der Waals surface area contributed by atoms with E-state index in [4.69, 9.17) is 9.84 Å². The van der Waals surface area contributed by atoms with Gasteiger partial charge in [-0.2, -0.15) is 0 Å². The molecule has 10 nitrogen and oxygen atoms in total. The van der Waals surface area contributed by atoms with Gasteiger partial charge in [-0.15, -0.1) is 0 Å². The normalized spacial score (nSPS) is 12.7. The van der Waals surface area contributed by atoms with Crippen molar-refractivity contribution in [1.82, 2.24) is 10.6 Å². The van der Waals surface area contributed by atoms with Crippen LogP contribution in [-0.2, 0) is 14.3 Å². The van der Waals surface area contributed by atoms with Gasteiger partial charge in [0.2, 0.25) is 5.91 Å². The number of benzene rings is 1. The van der Waals surface area contributed by atoms with Crippen molar-refractivity contribution in [3.63, 3.8) is 0 Å². The fraction of sp³-hybridized carbons (Fsp3) is 0.400. The fourth-order valence-electron chi connectivity index (χ4n) is 1.90. The first-order valence-corrected chi connectivity index (χ1v) is 7.33. The van der Waals surface area contributed by atoms with Gasteiger partial charge >= 0.3 is 5.97 Å². The van der Waals surface area contributed by atoms with Gasteiger partial charge in [0.25, 0.3) is 11.6 Å². The first-order chi connectivity index (χ1) is 11.8. The third kappa shape index (κ3) is 6.18. The highest BCUT2D eigenvalue weighted by Gasteiger charge is 2.24. The molecule has 0 saturated heterocycles. The molecular formula is C15H19N3O7. The van der Waals surface area contributed by atoms with E-state index >= 15 is 0 Å². The Labute approximate surface area is 143 Å². The lowest BCUT2D eigenvalue weighted by Gasteiger charge is -2.18. The first-order valence-electron chi connectivity index (χ1n) is 7.33. The minimum atomic E-state index is -1.22. The molecule has 0 aromatic heterocycles. The smallest absolute Gasteiger partial charge is 0.326 e. The molecule has 0 aliphatic heterocycles. The van der Waals surface area contributed by atoms with Crippen molar-refractivity contribution in [2.24, 2.45) is 0 Å². The molecule has 25 heavy (non-hydrogen) atoms. The summed E-state index contributed by atoms with van der Waals surface area (Å²) >= 11 is 0. The van der Waals surface area contributed by atoms with Gasteiger partial charge < -0.3 is 20.5 Å². The zero-order valence-electron chi connectivity index (χ0n) is 13.7. The van der Waals surface area contributed by atoms with E-state index in [1.807, 2.05) is 0 Å². The van der Waals surface area contributed by atoms with E-state index in [0.29, 0.717) is 0 Å². The van der Waals surface area contributed by atoms with Gasteiger partial charge in [-0.1, -0.05) is 6.07 Å². The summed E-state index contributed by atoms with van der Waals surface area (Å²) in [6.07, 6.45) is 0.0725. The molecule has 0 aliphatic carbocycles. The number of carbonyl (C=O) groups is 3. The van der Waals surface area contributed by atoms with Crippen molar-refractivity contribution in [3.8, 4) is 0 Å². The molecule has 0 aliphatic rings. The standard InChI is InChI=1S/C15H19N3O7/c1-9(13(19)17-12(15(21)22)6-7-25-2)16-14(20)10-4-3-5-11(8-10)18(23)24/h3-5,8-9,12H,6-7H2,1-2H3,(H,16,20)(H,17,19)(H,21,22). The number of nitro benzene ring substituents is 1. The van der Waals surface area contributed by atoms with Crippen molar-refractivity contribution in [3.05, 3.63) is 39.9 Å². The van der Waals surface area contributed by atoms with Crippen LogP contribution in [0.4, 0.5) is 5.69 Å². The van der Waals surface area contributed by atoms with Crippen molar-refractivity contribution in [2.75, 3.05) is 13.7 Å². The Bertz CT molecular complexity index is 662. The van der Waals surface area contributed by atoms with Crippen LogP contribution in [0.2, 0.25) is 0 Å². The zero-order valence-corrected chi connectivity index (χ0v) is 13.7. The summed E-state index contributed by atoms with van der Waals surface area (Å²) in [5.41, 5.74) is -0.238. The van der Waals surface area contributed by atoms with Crippen molar-refractivity contribution in [1.29, 1.82) is 0 Å². The van der Waals surface area contributed by atoms with E-state index in [9.17, 15) is 24.5 Å². The number of rotatable bonds is 9. The highest BCUT2D eigenvalue weighted by molar-refractivity contribution is 5.98. The number of methoxy groups -OCH3 is 1. The third-order valence-electron chi connectivity index (χ3n) is 3.29. The fourth-order valence-corrected chi connectivity index (χ4v) is 1.90. The second-order valence-corrected chi connectivity index (χ2v) is 5.18. The third-order valence-corrected chi connectivity index (χ3v) is 3.29. The maximum absolute atomic E-state index is 12.1. The van der Waals surface area contributed by atoms with Gasteiger partial charge in [0.15, 0.2) is 0 Å². The first kappa shape index (κ1) is 20.0. The number of non-ortho nitro benzene ring substituents is 1. The van der Waals surface area contributed by atoms with Crippen LogP contribution in [0.25, 0.3) is 0 Å². The van der Waals surface area contributed by atoms with Gasteiger partial charge in [-0.25, -0.2) is 4.79 Å². The molecule has 0 spiro atoms. The monoisotopic (exact) mass is 353 g/mol. The van der Waals surface area contributed by atoms with E-state index in [1.54, 1.807) is 0 Å². The summed E-state index contributed by atoms with van der Waals surface area (Å²) in [7, 11) is 1.41. The second-order valence-electron chi connectivity index (χ2n) is 5.18. The number of carbonyl (C=O) groups excluding carboxylic acids is 2. The van der Waals surface area contributed by atoms with Crippen LogP contribution < -0.4 is 10.6 Å². The molecule has 0 radical (unpaired) electrons. The van der Waals surface area contributed by atoms with Gasteiger partial charge in [-0.3, -0.25) is 19.7 Å². The molecule has 2 unspecified atom stereocenters. The van der Waals surface area contributed by atoms with Gasteiger partial charge in [-0.05, 0) is 13.0 Å². The van der Waals surface area contributed by atoms with Crippen LogP contribution in [-0.4, -0.2) is 53.6 Å². The summed E-state index contributed by atoms with van der Waals surface area (Å²) in [5.74, 6) is -2.60. The molecule has 10 heteroatoms. The number of hydrogen-bond acceptors (Lipinski definition) is 6. The molecular weight excluding hydrogens is 334 g/mol. The number of carboxylic acids is 1. The molecule has 136 valence electrons. The Kier molecular flexibility index (Phi) is 7.47. The van der Waals surface area contributed by atoms with E-state index in [0.717, 1.165) is 6.07 Å². The predicted molar refractivity (Wildman–Crippen MR) is 86.1 cm³/mol. The summed E-state index contributed by atoms with van der Waals surface area (Å²) in [6, 6.07) is 2.86. The number of aliphatic carboxylic acids is 1. The average molecular weight is 353 g/mol.